The molecule has 4 heteroatoms. The van der Waals surface area contributed by atoms with E-state index in [-0.39, 0.29) is 17.2 Å². The normalized spacial score (nSPS) is 42.7. The third kappa shape index (κ3) is 1.58. The van der Waals surface area contributed by atoms with Crippen LogP contribution in [0, 0.1) is 17.8 Å². The molecule has 2 aliphatic carbocycles. The third-order valence-corrected chi connectivity index (χ3v) is 5.70. The van der Waals surface area contributed by atoms with Gasteiger partial charge in [0.1, 0.15) is 0 Å². The molecule has 108 valence electrons. The number of piperidine rings is 1. The summed E-state index contributed by atoms with van der Waals surface area (Å²) in [6, 6.07) is 3.62. The molecule has 0 radical (unpaired) electrons. The van der Waals surface area contributed by atoms with Crippen molar-refractivity contribution in [2.45, 2.75) is 44.2 Å². The summed E-state index contributed by atoms with van der Waals surface area (Å²) in [5, 5.41) is 14.3. The van der Waals surface area contributed by atoms with Gasteiger partial charge in [-0.1, -0.05) is 6.92 Å². The molecule has 4 nitrogen and oxygen atoms in total. The Labute approximate surface area is 118 Å². The van der Waals surface area contributed by atoms with Crippen LogP contribution in [0.4, 0.5) is 0 Å². The molecule has 2 heterocycles. The first-order valence-electron chi connectivity index (χ1n) is 7.76. The lowest BCUT2D eigenvalue weighted by atomic mass is 9.53. The monoisotopic (exact) mass is 274 g/mol. The van der Waals surface area contributed by atoms with Crippen molar-refractivity contribution in [3.8, 4) is 0 Å². The minimum Gasteiger partial charge on any atom is -0.393 e. The van der Waals surface area contributed by atoms with Crippen LogP contribution in [0.15, 0.2) is 16.9 Å². The predicted molar refractivity (Wildman–Crippen MR) is 76.4 cm³/mol. The summed E-state index contributed by atoms with van der Waals surface area (Å²) in [5.41, 5.74) is 2.18. The summed E-state index contributed by atoms with van der Waals surface area (Å²) in [6.07, 6.45) is 3.75. The standard InChI is InChI=1S/C16H22N2O2/c1-9-6-10-7-12-11(2-3-14(20)18-12)16(8-9)15(10)13(19)4-5-17-16/h2-3,9-10,13,15,17,19H,4-8H2,1H3,(H,18,20)/t9-,10+,13-,15+,16+/m1/s1. The first-order chi connectivity index (χ1) is 9.60. The van der Waals surface area contributed by atoms with Gasteiger partial charge in [0.2, 0.25) is 5.56 Å². The summed E-state index contributed by atoms with van der Waals surface area (Å²) < 4.78 is 0. The second-order valence-electron chi connectivity index (χ2n) is 7.00. The van der Waals surface area contributed by atoms with Crippen LogP contribution in [0.5, 0.6) is 0 Å². The van der Waals surface area contributed by atoms with Crippen LogP contribution in [0.2, 0.25) is 0 Å². The maximum absolute atomic E-state index is 11.6. The molecular weight excluding hydrogens is 252 g/mol. The average molecular weight is 274 g/mol. The number of aliphatic hydroxyl groups is 1. The number of rotatable bonds is 0. The lowest BCUT2D eigenvalue weighted by molar-refractivity contribution is -0.0759. The number of aromatic nitrogens is 1. The minimum atomic E-state index is -0.214. The largest absolute Gasteiger partial charge is 0.393 e. The van der Waals surface area contributed by atoms with Crippen molar-refractivity contribution < 1.29 is 5.11 Å². The van der Waals surface area contributed by atoms with Crippen LogP contribution in [0.3, 0.4) is 0 Å². The number of aliphatic hydroxyl groups excluding tert-OH is 1. The van der Waals surface area contributed by atoms with Crippen molar-refractivity contribution in [1.29, 1.82) is 0 Å². The third-order valence-electron chi connectivity index (χ3n) is 5.70. The number of nitrogens with one attached hydrogen (secondary N) is 2. The molecule has 0 spiro atoms. The molecule has 4 rings (SSSR count). The highest BCUT2D eigenvalue weighted by Crippen LogP contribution is 2.54. The van der Waals surface area contributed by atoms with Crippen LogP contribution >= 0.6 is 0 Å². The molecule has 3 N–H and O–H groups in total. The maximum Gasteiger partial charge on any atom is 0.248 e. The van der Waals surface area contributed by atoms with Crippen LogP contribution in [0.1, 0.15) is 37.4 Å². The first-order valence-corrected chi connectivity index (χ1v) is 7.76. The quantitative estimate of drug-likeness (QED) is 0.665. The zero-order valence-corrected chi connectivity index (χ0v) is 11.9. The fourth-order valence-corrected chi connectivity index (χ4v) is 5.24. The van der Waals surface area contributed by atoms with E-state index >= 15 is 0 Å². The van der Waals surface area contributed by atoms with Gasteiger partial charge in [0.15, 0.2) is 0 Å². The van der Waals surface area contributed by atoms with E-state index in [1.807, 2.05) is 6.07 Å². The Morgan fingerprint density at radius 2 is 2.25 bits per heavy atom. The average Bonchev–Trinajstić information content (AvgIpc) is 2.37. The Balaban J connectivity index is 1.93. The second-order valence-corrected chi connectivity index (χ2v) is 7.00. The van der Waals surface area contributed by atoms with Gasteiger partial charge in [-0.3, -0.25) is 4.79 Å². The molecule has 20 heavy (non-hydrogen) atoms. The Morgan fingerprint density at radius 3 is 3.10 bits per heavy atom. The van der Waals surface area contributed by atoms with Crippen molar-refractivity contribution in [3.63, 3.8) is 0 Å². The highest BCUT2D eigenvalue weighted by atomic mass is 16.3. The number of hydrogen-bond acceptors (Lipinski definition) is 3. The van der Waals surface area contributed by atoms with Gasteiger partial charge in [-0.15, -0.1) is 0 Å². The van der Waals surface area contributed by atoms with Crippen molar-refractivity contribution in [2.24, 2.45) is 17.8 Å². The van der Waals surface area contributed by atoms with Gasteiger partial charge in [-0.25, -0.2) is 0 Å². The zero-order valence-electron chi connectivity index (χ0n) is 11.9. The molecule has 0 aromatic carbocycles. The van der Waals surface area contributed by atoms with Crippen LogP contribution in [-0.2, 0) is 12.0 Å². The molecule has 2 bridgehead atoms. The van der Waals surface area contributed by atoms with E-state index in [4.69, 9.17) is 0 Å². The molecule has 2 fully saturated rings. The summed E-state index contributed by atoms with van der Waals surface area (Å²) in [5.74, 6) is 1.44. The number of hydrogen-bond donors (Lipinski definition) is 3. The lowest BCUT2D eigenvalue weighted by Gasteiger charge is -2.58. The van der Waals surface area contributed by atoms with Gasteiger partial charge in [0.25, 0.3) is 0 Å². The van der Waals surface area contributed by atoms with Crippen LogP contribution in [-0.4, -0.2) is 22.7 Å². The second kappa shape index (κ2) is 4.18. The van der Waals surface area contributed by atoms with E-state index in [1.165, 1.54) is 5.56 Å². The molecule has 3 aliphatic rings. The molecular formula is C16H22N2O2. The number of fused-ring (bicyclic) bond motifs is 1. The molecule has 5 atom stereocenters. The highest BCUT2D eigenvalue weighted by molar-refractivity contribution is 5.36. The minimum absolute atomic E-state index is 0.0129. The Kier molecular flexibility index (Phi) is 2.63. The van der Waals surface area contributed by atoms with Crippen molar-refractivity contribution in [3.05, 3.63) is 33.7 Å². The fourth-order valence-electron chi connectivity index (χ4n) is 5.24. The van der Waals surface area contributed by atoms with Gasteiger partial charge in [-0.2, -0.15) is 0 Å². The number of aromatic amines is 1. The highest BCUT2D eigenvalue weighted by Gasteiger charge is 2.56. The molecule has 1 aliphatic heterocycles. The fraction of sp³-hybridized carbons (Fsp3) is 0.688. The summed E-state index contributed by atoms with van der Waals surface area (Å²) in [4.78, 5) is 14.7. The molecule has 1 aromatic rings. The Hall–Kier alpha value is -1.13. The van der Waals surface area contributed by atoms with Crippen LogP contribution < -0.4 is 10.9 Å². The number of H-pyrrole nitrogens is 1. The van der Waals surface area contributed by atoms with Gasteiger partial charge < -0.3 is 15.4 Å². The van der Waals surface area contributed by atoms with Crippen molar-refractivity contribution in [2.75, 3.05) is 6.54 Å². The van der Waals surface area contributed by atoms with Gasteiger partial charge in [-0.05, 0) is 55.7 Å². The summed E-state index contributed by atoms with van der Waals surface area (Å²) >= 11 is 0. The van der Waals surface area contributed by atoms with E-state index in [1.54, 1.807) is 6.07 Å². The van der Waals surface area contributed by atoms with Gasteiger partial charge in [0.05, 0.1) is 11.6 Å². The first kappa shape index (κ1) is 12.6. The van der Waals surface area contributed by atoms with Crippen molar-refractivity contribution in [1.82, 2.24) is 10.3 Å². The van der Waals surface area contributed by atoms with Gasteiger partial charge in [0, 0.05) is 17.7 Å². The van der Waals surface area contributed by atoms with E-state index in [0.717, 1.165) is 37.9 Å². The number of pyridine rings is 1. The Bertz CT molecular complexity index is 596. The molecule has 1 saturated carbocycles. The van der Waals surface area contributed by atoms with E-state index in [2.05, 4.69) is 17.2 Å². The molecule has 1 aromatic heterocycles. The lowest BCUT2D eigenvalue weighted by Crippen LogP contribution is -2.65. The maximum atomic E-state index is 11.6. The smallest absolute Gasteiger partial charge is 0.248 e. The molecule has 1 saturated heterocycles. The van der Waals surface area contributed by atoms with E-state index < -0.39 is 0 Å². The van der Waals surface area contributed by atoms with Gasteiger partial charge >= 0.3 is 0 Å². The van der Waals surface area contributed by atoms with E-state index in [0.29, 0.717) is 17.8 Å². The molecule has 0 amide bonds. The summed E-state index contributed by atoms with van der Waals surface area (Å²) in [7, 11) is 0. The Morgan fingerprint density at radius 1 is 1.40 bits per heavy atom. The zero-order chi connectivity index (χ0) is 13.9. The van der Waals surface area contributed by atoms with E-state index in [9.17, 15) is 9.90 Å². The SMILES string of the molecule is C[C@@H]1C[C@H]2Cc3[nH]c(=O)ccc3[C@]3(C1)NCC[C@@H](O)[C@H]23. The van der Waals surface area contributed by atoms with Crippen molar-refractivity contribution >= 4 is 0 Å². The predicted octanol–water partition coefficient (Wildman–Crippen LogP) is 1.14. The van der Waals surface area contributed by atoms with Crippen LogP contribution in [0.25, 0.3) is 0 Å². The topological polar surface area (TPSA) is 65.1 Å². The molecule has 0 unspecified atom stereocenters. The summed E-state index contributed by atoms with van der Waals surface area (Å²) in [6.45, 7) is 3.17.